The van der Waals surface area contributed by atoms with Gasteiger partial charge in [0.15, 0.2) is 0 Å². The fraction of sp³-hybridized carbons (Fsp3) is 0.577. The molecule has 2 aromatic carbocycles. The van der Waals surface area contributed by atoms with Crippen molar-refractivity contribution in [3.63, 3.8) is 0 Å². The molecular weight excluding hydrogens is 893 g/mol. The molecule has 6 atom stereocenters. The Balaban J connectivity index is 1.17. The Labute approximate surface area is 410 Å². The zero-order chi connectivity index (χ0) is 50.0. The molecule has 1 saturated heterocycles. The molecule has 10 N–H and O–H groups in total. The van der Waals surface area contributed by atoms with Crippen LogP contribution in [0.25, 0.3) is 10.9 Å². The molecule has 380 valence electrons. The molecule has 2 aliphatic carbocycles. The number of carbonyl (C=O) groups excluding carboxylic acids is 8. The molecule has 8 amide bonds. The highest BCUT2D eigenvalue weighted by atomic mass is 16.2. The molecule has 6 rings (SSSR count). The van der Waals surface area contributed by atoms with Crippen molar-refractivity contribution in [2.24, 2.45) is 17.1 Å². The van der Waals surface area contributed by atoms with Gasteiger partial charge in [-0.2, -0.15) is 0 Å². The van der Waals surface area contributed by atoms with Crippen LogP contribution in [-0.4, -0.2) is 121 Å². The predicted molar refractivity (Wildman–Crippen MR) is 266 cm³/mol. The number of primary amides is 1. The number of aromatic amines is 1. The molecule has 0 unspecified atom stereocenters. The van der Waals surface area contributed by atoms with Crippen LogP contribution >= 0.6 is 0 Å². The van der Waals surface area contributed by atoms with Crippen LogP contribution in [0.3, 0.4) is 0 Å². The van der Waals surface area contributed by atoms with E-state index in [4.69, 9.17) is 5.73 Å². The highest BCUT2D eigenvalue weighted by Crippen LogP contribution is 2.44. The summed E-state index contributed by atoms with van der Waals surface area (Å²) in [5, 5.41) is 21.4. The lowest BCUT2D eigenvalue weighted by atomic mass is 9.75. The molecular formula is C52H74N10O8. The minimum atomic E-state index is -1.13. The van der Waals surface area contributed by atoms with E-state index in [-0.39, 0.29) is 56.0 Å². The summed E-state index contributed by atoms with van der Waals surface area (Å²) in [7, 11) is 1.73. The molecule has 3 aromatic rings. The first kappa shape index (κ1) is 53.1. The summed E-state index contributed by atoms with van der Waals surface area (Å²) in [6.45, 7) is 2.06. The van der Waals surface area contributed by atoms with Gasteiger partial charge in [-0.3, -0.25) is 28.8 Å². The summed E-state index contributed by atoms with van der Waals surface area (Å²) in [5.74, 6) is -2.49. The van der Waals surface area contributed by atoms with Crippen molar-refractivity contribution in [2.75, 3.05) is 26.7 Å². The number of likely N-dealkylation sites (N-methyl/N-ethyl adjacent to an activating group) is 1. The maximum Gasteiger partial charge on any atom is 0.312 e. The van der Waals surface area contributed by atoms with E-state index in [1.165, 1.54) is 11.8 Å². The van der Waals surface area contributed by atoms with Crippen molar-refractivity contribution in [3.05, 3.63) is 71.9 Å². The summed E-state index contributed by atoms with van der Waals surface area (Å²) in [5.41, 5.74) is 7.53. The molecule has 1 aromatic heterocycles. The second-order valence-electron chi connectivity index (χ2n) is 19.6. The number of aldehydes is 1. The molecule has 18 heteroatoms. The Kier molecular flexibility index (Phi) is 19.8. The van der Waals surface area contributed by atoms with Crippen LogP contribution in [0, 0.1) is 11.3 Å². The number of fused-ring (bicyclic) bond motifs is 1. The van der Waals surface area contributed by atoms with E-state index in [2.05, 4.69) is 42.2 Å². The first-order valence-corrected chi connectivity index (χ1v) is 25.3. The van der Waals surface area contributed by atoms with Crippen molar-refractivity contribution in [1.29, 1.82) is 0 Å². The third-order valence-corrected chi connectivity index (χ3v) is 14.6. The zero-order valence-electron chi connectivity index (χ0n) is 40.8. The van der Waals surface area contributed by atoms with E-state index in [0.29, 0.717) is 38.5 Å². The average Bonchev–Trinajstić information content (AvgIpc) is 4.14. The largest absolute Gasteiger partial charge is 0.361 e. The first-order chi connectivity index (χ1) is 33.8. The Morgan fingerprint density at radius 3 is 2.19 bits per heavy atom. The van der Waals surface area contributed by atoms with Crippen LogP contribution in [0.15, 0.2) is 60.8 Å². The van der Waals surface area contributed by atoms with Crippen LogP contribution in [0.1, 0.15) is 114 Å². The number of para-hydroxylation sites is 1. The van der Waals surface area contributed by atoms with Gasteiger partial charge in [-0.25, -0.2) is 4.79 Å². The number of nitrogens with two attached hydrogens (primary N) is 1. The molecule has 2 saturated carbocycles. The Hall–Kier alpha value is -6.30. The minimum Gasteiger partial charge on any atom is -0.361 e. The van der Waals surface area contributed by atoms with Gasteiger partial charge in [0.2, 0.25) is 35.4 Å². The summed E-state index contributed by atoms with van der Waals surface area (Å²) in [6, 6.07) is 10.8. The lowest BCUT2D eigenvalue weighted by Crippen LogP contribution is -2.58. The monoisotopic (exact) mass is 967 g/mol. The van der Waals surface area contributed by atoms with Gasteiger partial charge in [0.1, 0.15) is 30.5 Å². The fourth-order valence-electron chi connectivity index (χ4n) is 11.1. The summed E-state index contributed by atoms with van der Waals surface area (Å²) >= 11 is 0. The van der Waals surface area contributed by atoms with Crippen molar-refractivity contribution in [3.8, 4) is 0 Å². The van der Waals surface area contributed by atoms with E-state index in [0.717, 1.165) is 79.8 Å². The van der Waals surface area contributed by atoms with Crippen LogP contribution in [0.5, 0.6) is 0 Å². The molecule has 3 aliphatic rings. The molecule has 18 nitrogen and oxygen atoms in total. The van der Waals surface area contributed by atoms with Crippen LogP contribution in [0.2, 0.25) is 0 Å². The van der Waals surface area contributed by atoms with E-state index in [9.17, 15) is 38.4 Å². The first-order valence-electron chi connectivity index (χ1n) is 25.3. The minimum absolute atomic E-state index is 0.0991. The van der Waals surface area contributed by atoms with Crippen molar-refractivity contribution >= 4 is 58.7 Å². The van der Waals surface area contributed by atoms with Crippen LogP contribution < -0.4 is 43.0 Å². The lowest BCUT2D eigenvalue weighted by molar-refractivity contribution is -0.142. The number of likely N-dealkylation sites (tertiary alicyclic amines) is 1. The standard InChI is InChI=1S/C52H74N10O8/c1-34(64)58-42(29-35-15-5-3-6-16-35)47(66)60-41(21-13-26-55-49(68)45(54-2)52(23-11-12-24-52)25-27-56-51(53)70)50(69)62-28-14-22-44(62)48(67)61-43(30-36-17-7-4-8-18-36)46(65)59-38(33-63)31-37-32-57-40-20-10-9-19-39(37)40/h3,5-6,9-10,15-16,19-20,32-33,36,38,41-45,54,57H,4,7-8,11-14,17-18,21-31H2,1-2H3,(H,55,68)(H,58,64)(H,59,65)(H,60,66)(H,61,67)(H3,53,56,70)/t38-,41-,42-,43+,44-,45+/m0/s1. The maximum atomic E-state index is 14.8. The Bertz CT molecular complexity index is 2260. The molecule has 0 spiro atoms. The smallest absolute Gasteiger partial charge is 0.312 e. The van der Waals surface area contributed by atoms with E-state index in [1.807, 2.05) is 60.8 Å². The second-order valence-corrected chi connectivity index (χ2v) is 19.6. The van der Waals surface area contributed by atoms with Gasteiger partial charge in [-0.1, -0.05) is 93.5 Å². The van der Waals surface area contributed by atoms with Gasteiger partial charge in [0, 0.05) is 56.5 Å². The summed E-state index contributed by atoms with van der Waals surface area (Å²) in [6.07, 6.45) is 13.6. The van der Waals surface area contributed by atoms with Crippen LogP contribution in [-0.2, 0) is 46.4 Å². The number of benzene rings is 2. The Morgan fingerprint density at radius 2 is 1.49 bits per heavy atom. The van der Waals surface area contributed by atoms with Crippen molar-refractivity contribution < 1.29 is 38.4 Å². The van der Waals surface area contributed by atoms with Crippen molar-refractivity contribution in [1.82, 2.24) is 47.1 Å². The lowest BCUT2D eigenvalue weighted by Gasteiger charge is -2.36. The molecule has 0 radical (unpaired) electrons. The van der Waals surface area contributed by atoms with E-state index >= 15 is 0 Å². The Morgan fingerprint density at radius 1 is 0.771 bits per heavy atom. The molecule has 0 bridgehead atoms. The highest BCUT2D eigenvalue weighted by molar-refractivity contribution is 5.96. The topological polar surface area (TPSA) is 266 Å². The maximum absolute atomic E-state index is 14.8. The number of urea groups is 1. The number of carbonyl (C=O) groups is 8. The number of rotatable bonds is 25. The van der Waals surface area contributed by atoms with Gasteiger partial charge < -0.3 is 57.6 Å². The van der Waals surface area contributed by atoms with E-state index in [1.54, 1.807) is 7.05 Å². The highest BCUT2D eigenvalue weighted by Gasteiger charge is 2.44. The number of nitrogens with one attached hydrogen (secondary N) is 8. The molecule has 3 fully saturated rings. The molecule has 1 aliphatic heterocycles. The number of aromatic nitrogens is 1. The normalized spacial score (nSPS) is 18.9. The van der Waals surface area contributed by atoms with Gasteiger partial charge >= 0.3 is 6.03 Å². The van der Waals surface area contributed by atoms with Gasteiger partial charge in [0.05, 0.1) is 12.1 Å². The molecule has 2 heterocycles. The average molecular weight is 967 g/mol. The molecule has 70 heavy (non-hydrogen) atoms. The number of hydrogen-bond acceptors (Lipinski definition) is 9. The van der Waals surface area contributed by atoms with Crippen molar-refractivity contribution in [2.45, 2.75) is 152 Å². The number of hydrogen-bond donors (Lipinski definition) is 9. The zero-order valence-corrected chi connectivity index (χ0v) is 40.8. The second kappa shape index (κ2) is 26.1. The summed E-state index contributed by atoms with van der Waals surface area (Å²) in [4.78, 5) is 112. The van der Waals surface area contributed by atoms with Gasteiger partial charge in [-0.05, 0) is 86.9 Å². The third-order valence-electron chi connectivity index (χ3n) is 14.6. The SMILES string of the molecule is CN[C@H](C(=O)NCCC[C@H](NC(=O)[C@H](Cc1ccccc1)NC(C)=O)C(=O)N1CCC[C@H]1C(=O)N[C@H](CC1CCCCC1)C(=O)N[C@H](C=O)Cc1c[nH]c2ccccc12)C1(CCNC(N)=O)CCCC1. The predicted octanol–water partition coefficient (Wildman–Crippen LogP) is 3.18. The number of nitrogens with zero attached hydrogens (tertiary/aromatic N) is 1. The summed E-state index contributed by atoms with van der Waals surface area (Å²) < 4.78 is 0. The van der Waals surface area contributed by atoms with E-state index < -0.39 is 71.8 Å². The van der Waals surface area contributed by atoms with Crippen LogP contribution in [0.4, 0.5) is 4.79 Å². The third kappa shape index (κ3) is 14.6. The van der Waals surface area contributed by atoms with Gasteiger partial charge in [0.25, 0.3) is 0 Å². The quantitative estimate of drug-likeness (QED) is 0.0446. The number of amides is 8. The number of H-pyrrole nitrogens is 1. The van der Waals surface area contributed by atoms with Gasteiger partial charge in [-0.15, -0.1) is 0 Å². The fourth-order valence-corrected chi connectivity index (χ4v) is 11.1.